The summed E-state index contributed by atoms with van der Waals surface area (Å²) in [4.78, 5) is 6.51. The fourth-order valence-electron chi connectivity index (χ4n) is 3.81. The third kappa shape index (κ3) is 3.90. The molecule has 130 valence electrons. The van der Waals surface area contributed by atoms with Gasteiger partial charge in [0.05, 0.1) is 27.3 Å². The van der Waals surface area contributed by atoms with E-state index in [4.69, 9.17) is 14.5 Å². The number of nitrogens with one attached hydrogen (secondary N) is 1. The Morgan fingerprint density at radius 1 is 1.12 bits per heavy atom. The average Bonchev–Trinajstić information content (AvgIpc) is 3.01. The van der Waals surface area contributed by atoms with E-state index >= 15 is 0 Å². The lowest BCUT2D eigenvalue weighted by Crippen LogP contribution is -3.13. The third-order valence-electron chi connectivity index (χ3n) is 4.69. The minimum atomic E-state index is 0.746. The second kappa shape index (κ2) is 7.53. The van der Waals surface area contributed by atoms with Crippen molar-refractivity contribution in [2.24, 2.45) is 11.8 Å². The molecule has 1 N–H and O–H groups in total. The second-order valence-electron chi connectivity index (χ2n) is 6.99. The number of nitrogens with zero attached hydrogens (tertiary/aromatic N) is 1. The number of benzene rings is 1. The molecule has 3 rings (SSSR count). The van der Waals surface area contributed by atoms with E-state index in [1.54, 1.807) is 30.5 Å². The number of quaternary nitrogens is 1. The standard InChI is InChI=1S/C19H26N2O2S/c1-13-7-14(2)10-21(9-13)11-16-12-24-19(20-16)15-5-6-17(22-3)18(8-15)23-4/h5-6,8,12-14H,7,9-11H2,1-4H3/p+1/t13-,14-/m0/s1. The van der Waals surface area contributed by atoms with Crippen LogP contribution in [0.4, 0.5) is 0 Å². The van der Waals surface area contributed by atoms with Crippen LogP contribution in [0, 0.1) is 11.8 Å². The smallest absolute Gasteiger partial charge is 0.161 e. The van der Waals surface area contributed by atoms with Gasteiger partial charge in [-0.3, -0.25) is 0 Å². The van der Waals surface area contributed by atoms with Gasteiger partial charge < -0.3 is 14.4 Å². The Morgan fingerprint density at radius 2 is 1.83 bits per heavy atom. The fraction of sp³-hybridized carbons (Fsp3) is 0.526. The molecule has 1 aromatic carbocycles. The molecule has 2 aromatic rings. The summed E-state index contributed by atoms with van der Waals surface area (Å²) in [5.41, 5.74) is 2.28. The topological polar surface area (TPSA) is 35.8 Å². The number of ether oxygens (including phenoxy) is 2. The predicted molar refractivity (Wildman–Crippen MR) is 98.0 cm³/mol. The molecule has 1 saturated heterocycles. The van der Waals surface area contributed by atoms with E-state index in [-0.39, 0.29) is 0 Å². The van der Waals surface area contributed by atoms with E-state index in [2.05, 4.69) is 19.2 Å². The minimum Gasteiger partial charge on any atom is -0.493 e. The van der Waals surface area contributed by atoms with Gasteiger partial charge in [0.15, 0.2) is 11.5 Å². The number of piperidine rings is 1. The van der Waals surface area contributed by atoms with Crippen molar-refractivity contribution in [2.45, 2.75) is 26.8 Å². The van der Waals surface area contributed by atoms with Crippen molar-refractivity contribution in [3.63, 3.8) is 0 Å². The summed E-state index contributed by atoms with van der Waals surface area (Å²) in [6, 6.07) is 5.98. The number of aromatic nitrogens is 1. The van der Waals surface area contributed by atoms with Crippen molar-refractivity contribution >= 4 is 11.3 Å². The number of likely N-dealkylation sites (tertiary alicyclic amines) is 1. The molecule has 0 spiro atoms. The molecule has 1 aromatic heterocycles. The van der Waals surface area contributed by atoms with E-state index in [1.165, 1.54) is 25.2 Å². The first-order chi connectivity index (χ1) is 11.6. The van der Waals surface area contributed by atoms with E-state index in [0.29, 0.717) is 0 Å². The zero-order valence-corrected chi connectivity index (χ0v) is 15.8. The summed E-state index contributed by atoms with van der Waals surface area (Å²) >= 11 is 1.70. The van der Waals surface area contributed by atoms with Crippen LogP contribution >= 0.6 is 11.3 Å². The highest BCUT2D eigenvalue weighted by molar-refractivity contribution is 7.13. The minimum absolute atomic E-state index is 0.746. The molecular weight excluding hydrogens is 320 g/mol. The van der Waals surface area contributed by atoms with Crippen LogP contribution in [0.5, 0.6) is 11.5 Å². The van der Waals surface area contributed by atoms with Gasteiger partial charge in [0.25, 0.3) is 0 Å². The van der Waals surface area contributed by atoms with Crippen LogP contribution in [0.1, 0.15) is 26.0 Å². The lowest BCUT2D eigenvalue weighted by molar-refractivity contribution is -0.925. The maximum absolute atomic E-state index is 5.40. The third-order valence-corrected chi connectivity index (χ3v) is 5.63. The molecule has 0 radical (unpaired) electrons. The molecule has 2 atom stereocenters. The summed E-state index contributed by atoms with van der Waals surface area (Å²) in [6.07, 6.45) is 1.36. The maximum atomic E-state index is 5.40. The lowest BCUT2D eigenvalue weighted by Gasteiger charge is -2.31. The molecule has 1 aliphatic rings. The Kier molecular flexibility index (Phi) is 5.41. The van der Waals surface area contributed by atoms with Gasteiger partial charge in [-0.1, -0.05) is 13.8 Å². The van der Waals surface area contributed by atoms with Crippen LogP contribution in [-0.4, -0.2) is 32.3 Å². The molecular formula is C19H27N2O2S+. The SMILES string of the molecule is COc1ccc(-c2nc(C[NH+]3C[C@@H](C)C[C@H](C)C3)cs2)cc1OC. The Labute approximate surface area is 148 Å². The highest BCUT2D eigenvalue weighted by atomic mass is 32.1. The van der Waals surface area contributed by atoms with Gasteiger partial charge in [-0.25, -0.2) is 4.98 Å². The molecule has 5 heteroatoms. The maximum Gasteiger partial charge on any atom is 0.161 e. The molecule has 1 fully saturated rings. The van der Waals surface area contributed by atoms with E-state index in [9.17, 15) is 0 Å². The van der Waals surface area contributed by atoms with Gasteiger partial charge in [0, 0.05) is 22.8 Å². The van der Waals surface area contributed by atoms with Gasteiger partial charge in [-0.2, -0.15) is 0 Å². The molecule has 24 heavy (non-hydrogen) atoms. The zero-order valence-electron chi connectivity index (χ0n) is 15.0. The highest BCUT2D eigenvalue weighted by Gasteiger charge is 2.25. The summed E-state index contributed by atoms with van der Waals surface area (Å²) in [6.45, 7) is 8.27. The van der Waals surface area contributed by atoms with Crippen LogP contribution in [0.3, 0.4) is 0 Å². The van der Waals surface area contributed by atoms with Crippen LogP contribution in [-0.2, 0) is 6.54 Å². The van der Waals surface area contributed by atoms with Crippen molar-refractivity contribution < 1.29 is 14.4 Å². The summed E-state index contributed by atoms with van der Waals surface area (Å²) in [7, 11) is 3.32. The number of hydrogen-bond donors (Lipinski definition) is 1. The van der Waals surface area contributed by atoms with Crippen LogP contribution in [0.2, 0.25) is 0 Å². The van der Waals surface area contributed by atoms with E-state index < -0.39 is 0 Å². The Morgan fingerprint density at radius 3 is 2.50 bits per heavy atom. The highest BCUT2D eigenvalue weighted by Crippen LogP contribution is 2.33. The number of hydrogen-bond acceptors (Lipinski definition) is 4. The predicted octanol–water partition coefficient (Wildman–Crippen LogP) is 2.89. The fourth-order valence-corrected chi connectivity index (χ4v) is 4.63. The first-order valence-electron chi connectivity index (χ1n) is 8.59. The molecule has 0 unspecified atom stereocenters. The van der Waals surface area contributed by atoms with Gasteiger partial charge in [0.1, 0.15) is 17.2 Å². The monoisotopic (exact) mass is 347 g/mol. The van der Waals surface area contributed by atoms with Gasteiger partial charge in [-0.15, -0.1) is 11.3 Å². The van der Waals surface area contributed by atoms with Crippen LogP contribution in [0.15, 0.2) is 23.6 Å². The van der Waals surface area contributed by atoms with E-state index in [1.807, 2.05) is 18.2 Å². The second-order valence-corrected chi connectivity index (χ2v) is 7.85. The largest absolute Gasteiger partial charge is 0.493 e. The van der Waals surface area contributed by atoms with Crippen LogP contribution < -0.4 is 14.4 Å². The normalized spacial score (nSPS) is 23.9. The zero-order chi connectivity index (χ0) is 17.1. The molecule has 2 heterocycles. The first-order valence-corrected chi connectivity index (χ1v) is 9.47. The summed E-state index contributed by atoms with van der Waals surface area (Å²) < 4.78 is 10.7. The lowest BCUT2D eigenvalue weighted by atomic mass is 9.92. The first kappa shape index (κ1) is 17.2. The molecule has 0 amide bonds. The summed E-state index contributed by atoms with van der Waals surface area (Å²) in [5, 5.41) is 3.24. The molecule has 0 bridgehead atoms. The van der Waals surface area contributed by atoms with Crippen molar-refractivity contribution in [1.82, 2.24) is 4.98 Å². The molecule has 0 aliphatic carbocycles. The van der Waals surface area contributed by atoms with Crippen molar-refractivity contribution in [1.29, 1.82) is 0 Å². The van der Waals surface area contributed by atoms with Crippen molar-refractivity contribution in [3.05, 3.63) is 29.3 Å². The van der Waals surface area contributed by atoms with Crippen molar-refractivity contribution in [3.8, 4) is 22.1 Å². The van der Waals surface area contributed by atoms with Gasteiger partial charge >= 0.3 is 0 Å². The quantitative estimate of drug-likeness (QED) is 0.903. The van der Waals surface area contributed by atoms with Gasteiger partial charge in [-0.05, 0) is 24.6 Å². The molecule has 0 saturated carbocycles. The Balaban J connectivity index is 1.73. The van der Waals surface area contributed by atoms with Crippen LogP contribution in [0.25, 0.3) is 10.6 Å². The Hall–Kier alpha value is -1.59. The number of thiazole rings is 1. The Bertz CT molecular complexity index is 676. The number of methoxy groups -OCH3 is 2. The molecule has 4 nitrogen and oxygen atoms in total. The van der Waals surface area contributed by atoms with Crippen molar-refractivity contribution in [2.75, 3.05) is 27.3 Å². The summed E-state index contributed by atoms with van der Waals surface area (Å²) in [5.74, 6) is 3.12. The average molecular weight is 348 g/mol. The molecule has 1 aliphatic heterocycles. The number of rotatable bonds is 5. The van der Waals surface area contributed by atoms with E-state index in [0.717, 1.165) is 40.5 Å². The van der Waals surface area contributed by atoms with Gasteiger partial charge in [0.2, 0.25) is 0 Å².